The first-order chi connectivity index (χ1) is 5.63. The minimum absolute atomic E-state index is 0.654. The molecule has 0 aliphatic heterocycles. The fourth-order valence-electron chi connectivity index (χ4n) is 0.998. The van der Waals surface area contributed by atoms with Crippen molar-refractivity contribution >= 4 is 23.2 Å². The van der Waals surface area contributed by atoms with Crippen molar-refractivity contribution in [1.82, 2.24) is 0 Å². The van der Waals surface area contributed by atoms with E-state index in [1.807, 2.05) is 0 Å². The number of unbranched alkanes of at least 4 members (excludes halogenated alkanes) is 1. The lowest BCUT2D eigenvalue weighted by molar-refractivity contribution is -0.201. The second kappa shape index (κ2) is 6.03. The van der Waals surface area contributed by atoms with Gasteiger partial charge in [-0.1, -0.05) is 36.5 Å². The summed E-state index contributed by atoms with van der Waals surface area (Å²) in [6.07, 6.45) is 2.76. The average Bonchev–Trinajstić information content (AvgIpc) is 2.07. The first-order valence-electron chi connectivity index (χ1n) is 4.01. The van der Waals surface area contributed by atoms with Gasteiger partial charge >= 0.3 is 0 Å². The highest BCUT2D eigenvalue weighted by Gasteiger charge is 2.36. The molecule has 0 N–H and O–H groups in total. The molecule has 4 heteroatoms. The molecule has 0 amide bonds. The summed E-state index contributed by atoms with van der Waals surface area (Å²) in [6, 6.07) is 0. The Balaban J connectivity index is 4.15. The predicted octanol–water partition coefficient (Wildman–Crippen LogP) is 2.97. The Bertz CT molecular complexity index is 114. The van der Waals surface area contributed by atoms with Crippen molar-refractivity contribution in [2.24, 2.45) is 0 Å². The molecule has 0 saturated carbocycles. The van der Waals surface area contributed by atoms with Crippen LogP contribution >= 0.6 is 23.2 Å². The van der Waals surface area contributed by atoms with E-state index in [-0.39, 0.29) is 0 Å². The van der Waals surface area contributed by atoms with Gasteiger partial charge in [0.25, 0.3) is 0 Å². The van der Waals surface area contributed by atoms with Crippen LogP contribution in [0.4, 0.5) is 0 Å². The van der Waals surface area contributed by atoms with Gasteiger partial charge in [0.2, 0.25) is 0 Å². The Labute approximate surface area is 84.1 Å². The maximum atomic E-state index is 5.75. The van der Waals surface area contributed by atoms with Crippen molar-refractivity contribution in [3.8, 4) is 0 Å². The quantitative estimate of drug-likeness (QED) is 0.501. The van der Waals surface area contributed by atoms with Crippen LogP contribution in [0.25, 0.3) is 0 Å². The van der Waals surface area contributed by atoms with Crippen molar-refractivity contribution in [3.63, 3.8) is 0 Å². The largest absolute Gasteiger partial charge is 0.351 e. The molecule has 0 bridgehead atoms. The number of halogens is 2. The third kappa shape index (κ3) is 3.09. The zero-order valence-corrected chi connectivity index (χ0v) is 9.28. The molecule has 0 unspecified atom stereocenters. The molecule has 2 nitrogen and oxygen atoms in total. The van der Waals surface area contributed by atoms with Crippen LogP contribution in [0, 0.1) is 0 Å². The first kappa shape index (κ1) is 12.5. The number of alkyl halides is 2. The summed E-state index contributed by atoms with van der Waals surface area (Å²) in [6.45, 7) is 2.09. The summed E-state index contributed by atoms with van der Waals surface area (Å²) in [4.78, 5) is -0.654. The SMILES string of the molecule is CCCCC(OC)(OC)C(Cl)Cl. The van der Waals surface area contributed by atoms with Gasteiger partial charge < -0.3 is 9.47 Å². The molecule has 0 aromatic rings. The lowest BCUT2D eigenvalue weighted by Crippen LogP contribution is -2.40. The number of ether oxygens (including phenoxy) is 2. The Morgan fingerprint density at radius 1 is 1.25 bits per heavy atom. The van der Waals surface area contributed by atoms with Crippen molar-refractivity contribution in [2.45, 2.75) is 36.8 Å². The van der Waals surface area contributed by atoms with E-state index in [2.05, 4.69) is 6.92 Å². The summed E-state index contributed by atoms with van der Waals surface area (Å²) in [5.41, 5.74) is 0. The standard InChI is InChI=1S/C8H16Cl2O2/c1-4-5-6-8(11-2,12-3)7(9)10/h7H,4-6H2,1-3H3. The molecule has 0 aromatic carbocycles. The minimum Gasteiger partial charge on any atom is -0.351 e. The molecular weight excluding hydrogens is 199 g/mol. The Morgan fingerprint density at radius 3 is 2.00 bits per heavy atom. The molecule has 0 aromatic heterocycles. The third-order valence-electron chi connectivity index (χ3n) is 1.90. The predicted molar refractivity (Wildman–Crippen MR) is 51.8 cm³/mol. The fraction of sp³-hybridized carbons (Fsp3) is 1.00. The summed E-state index contributed by atoms with van der Waals surface area (Å²) < 4.78 is 10.3. The van der Waals surface area contributed by atoms with Crippen molar-refractivity contribution in [2.75, 3.05) is 14.2 Å². The van der Waals surface area contributed by atoms with E-state index in [1.54, 1.807) is 14.2 Å². The molecule has 0 aliphatic carbocycles. The molecule has 0 radical (unpaired) electrons. The zero-order chi connectivity index (χ0) is 9.61. The first-order valence-corrected chi connectivity index (χ1v) is 4.88. The van der Waals surface area contributed by atoms with Gasteiger partial charge in [-0.2, -0.15) is 0 Å². The van der Waals surface area contributed by atoms with E-state index in [4.69, 9.17) is 32.7 Å². The highest BCUT2D eigenvalue weighted by Crippen LogP contribution is 2.29. The monoisotopic (exact) mass is 214 g/mol. The van der Waals surface area contributed by atoms with Gasteiger partial charge in [-0.05, 0) is 6.42 Å². The van der Waals surface area contributed by atoms with Crippen LogP contribution in [0.5, 0.6) is 0 Å². The maximum Gasteiger partial charge on any atom is 0.198 e. The van der Waals surface area contributed by atoms with E-state index in [9.17, 15) is 0 Å². The van der Waals surface area contributed by atoms with Crippen molar-refractivity contribution in [1.29, 1.82) is 0 Å². The lowest BCUT2D eigenvalue weighted by atomic mass is 10.1. The smallest absolute Gasteiger partial charge is 0.198 e. The molecule has 0 heterocycles. The lowest BCUT2D eigenvalue weighted by Gasteiger charge is -2.31. The third-order valence-corrected chi connectivity index (χ3v) is 2.57. The van der Waals surface area contributed by atoms with Crippen LogP contribution in [0.2, 0.25) is 0 Å². The Hall–Kier alpha value is 0.500. The van der Waals surface area contributed by atoms with Gasteiger partial charge in [0.1, 0.15) is 0 Å². The van der Waals surface area contributed by atoms with Gasteiger partial charge in [-0.3, -0.25) is 0 Å². The van der Waals surface area contributed by atoms with Gasteiger partial charge in [0, 0.05) is 20.6 Å². The Kier molecular flexibility index (Phi) is 6.28. The second-order valence-corrected chi connectivity index (χ2v) is 3.72. The van der Waals surface area contributed by atoms with E-state index >= 15 is 0 Å². The van der Waals surface area contributed by atoms with Crippen LogP contribution in [0.15, 0.2) is 0 Å². The van der Waals surface area contributed by atoms with E-state index in [0.717, 1.165) is 12.8 Å². The average molecular weight is 215 g/mol. The maximum absolute atomic E-state index is 5.75. The molecule has 0 fully saturated rings. The van der Waals surface area contributed by atoms with E-state index in [0.29, 0.717) is 6.42 Å². The van der Waals surface area contributed by atoms with Gasteiger partial charge in [-0.25, -0.2) is 0 Å². The van der Waals surface area contributed by atoms with Crippen molar-refractivity contribution in [3.05, 3.63) is 0 Å². The van der Waals surface area contributed by atoms with Crippen LogP contribution in [-0.2, 0) is 9.47 Å². The zero-order valence-electron chi connectivity index (χ0n) is 7.77. The minimum atomic E-state index is -0.834. The number of rotatable bonds is 6. The molecule has 12 heavy (non-hydrogen) atoms. The Morgan fingerprint density at radius 2 is 1.75 bits per heavy atom. The van der Waals surface area contributed by atoms with Crippen LogP contribution in [0.1, 0.15) is 26.2 Å². The van der Waals surface area contributed by atoms with E-state index in [1.165, 1.54) is 0 Å². The molecule has 0 spiro atoms. The normalized spacial score (nSPS) is 12.5. The van der Waals surface area contributed by atoms with Crippen LogP contribution < -0.4 is 0 Å². The van der Waals surface area contributed by atoms with Gasteiger partial charge in [0.15, 0.2) is 10.6 Å². The number of methoxy groups -OCH3 is 2. The van der Waals surface area contributed by atoms with Crippen LogP contribution in [0.3, 0.4) is 0 Å². The molecule has 0 atom stereocenters. The van der Waals surface area contributed by atoms with Gasteiger partial charge in [-0.15, -0.1) is 0 Å². The fourth-order valence-corrected chi connectivity index (χ4v) is 1.57. The van der Waals surface area contributed by atoms with E-state index < -0.39 is 10.6 Å². The number of hydrogen-bond donors (Lipinski definition) is 0. The molecule has 0 aliphatic rings. The highest BCUT2D eigenvalue weighted by atomic mass is 35.5. The van der Waals surface area contributed by atoms with Crippen molar-refractivity contribution < 1.29 is 9.47 Å². The summed E-state index contributed by atoms with van der Waals surface area (Å²) in [5.74, 6) is -0.834. The van der Waals surface area contributed by atoms with Crippen LogP contribution in [-0.4, -0.2) is 24.8 Å². The second-order valence-electron chi connectivity index (χ2n) is 2.62. The highest BCUT2D eigenvalue weighted by molar-refractivity contribution is 6.45. The molecule has 0 rings (SSSR count). The summed E-state index contributed by atoms with van der Waals surface area (Å²) in [7, 11) is 3.10. The number of hydrogen-bond acceptors (Lipinski definition) is 2. The summed E-state index contributed by atoms with van der Waals surface area (Å²) in [5, 5.41) is 0. The molecule has 0 saturated heterocycles. The van der Waals surface area contributed by atoms with Gasteiger partial charge in [0.05, 0.1) is 0 Å². The molecular formula is C8H16Cl2O2. The summed E-state index contributed by atoms with van der Waals surface area (Å²) >= 11 is 11.5. The molecule has 74 valence electrons. The topological polar surface area (TPSA) is 18.5 Å².